The Kier molecular flexibility index (Phi) is 12.8. The average molecular weight is 253 g/mol. The monoisotopic (exact) mass is 252 g/mol. The first kappa shape index (κ1) is 15.9. The zero-order chi connectivity index (χ0) is 7.94. The van der Waals surface area contributed by atoms with Crippen LogP contribution in [0.4, 0.5) is 0 Å². The zero-order valence-electron chi connectivity index (χ0n) is 7.71. The van der Waals surface area contributed by atoms with E-state index < -0.39 is 0 Å². The Morgan fingerprint density at radius 2 is 1.77 bits per heavy atom. The minimum absolute atomic E-state index is 0. The van der Waals surface area contributed by atoms with Crippen molar-refractivity contribution in [3.63, 3.8) is 0 Å². The van der Waals surface area contributed by atoms with Gasteiger partial charge in [0, 0.05) is 6.61 Å². The second kappa shape index (κ2) is 10.5. The number of ether oxygens (including phenoxy) is 1. The van der Waals surface area contributed by atoms with Crippen molar-refractivity contribution in [2.24, 2.45) is 0 Å². The number of halogens is 1. The number of hydrogen-bond donors (Lipinski definition) is 0. The summed E-state index contributed by atoms with van der Waals surface area (Å²) in [5.74, 6) is 0. The van der Waals surface area contributed by atoms with Gasteiger partial charge in [-0.05, 0) is 5.56 Å². The van der Waals surface area contributed by atoms with E-state index in [0.717, 1.165) is 13.0 Å². The molecular weight excluding hydrogens is 240 g/mol. The molecule has 0 unspecified atom stereocenters. The molecule has 0 saturated carbocycles. The molecule has 1 aromatic carbocycles. The molecule has 0 bridgehead atoms. The van der Waals surface area contributed by atoms with Gasteiger partial charge < -0.3 is 28.6 Å². The summed E-state index contributed by atoms with van der Waals surface area (Å²) >= 11 is 0. The molecule has 3 heteroatoms. The second-order valence-corrected chi connectivity index (χ2v) is 2.39. The van der Waals surface area contributed by atoms with Crippen molar-refractivity contribution in [1.82, 2.24) is 0 Å². The van der Waals surface area contributed by atoms with E-state index in [9.17, 15) is 0 Å². The smallest absolute Gasteiger partial charge is 1.00 e. The molecular formula is C10H13BrMgO. The average Bonchev–Trinajstić information content (AvgIpc) is 2.07. The van der Waals surface area contributed by atoms with Gasteiger partial charge in [0.1, 0.15) is 0 Å². The van der Waals surface area contributed by atoms with Crippen LogP contribution in [0.15, 0.2) is 30.3 Å². The van der Waals surface area contributed by atoms with Gasteiger partial charge in [-0.2, -0.15) is 6.42 Å². The van der Waals surface area contributed by atoms with Crippen molar-refractivity contribution in [2.45, 2.75) is 13.0 Å². The zero-order valence-corrected chi connectivity index (χ0v) is 10.7. The fourth-order valence-electron chi connectivity index (χ4n) is 0.866. The molecule has 0 radical (unpaired) electrons. The first-order valence-electron chi connectivity index (χ1n) is 3.84. The van der Waals surface area contributed by atoms with Gasteiger partial charge in [0.05, 0.1) is 6.61 Å². The summed E-state index contributed by atoms with van der Waals surface area (Å²) in [6, 6.07) is 10.2. The molecule has 0 aliphatic rings. The largest absolute Gasteiger partial charge is 2.00 e. The molecule has 0 heterocycles. The summed E-state index contributed by atoms with van der Waals surface area (Å²) < 4.78 is 5.31. The van der Waals surface area contributed by atoms with Gasteiger partial charge in [-0.15, -0.1) is 0 Å². The maximum absolute atomic E-state index is 5.31. The van der Waals surface area contributed by atoms with Crippen LogP contribution in [0.1, 0.15) is 12.0 Å². The van der Waals surface area contributed by atoms with Gasteiger partial charge in [-0.1, -0.05) is 30.3 Å². The van der Waals surface area contributed by atoms with Crippen LogP contribution in [-0.2, 0) is 11.3 Å². The summed E-state index contributed by atoms with van der Waals surface area (Å²) in [5, 5.41) is 0. The van der Waals surface area contributed by atoms with E-state index in [1.54, 1.807) is 0 Å². The Labute approximate surface area is 107 Å². The topological polar surface area (TPSA) is 9.23 Å². The van der Waals surface area contributed by atoms with Gasteiger partial charge in [0.15, 0.2) is 0 Å². The normalized spacial score (nSPS) is 8.38. The third kappa shape index (κ3) is 7.49. The molecule has 0 aliphatic carbocycles. The fraction of sp³-hybridized carbons (Fsp3) is 0.300. The Bertz CT molecular complexity index is 191. The maximum atomic E-state index is 5.31. The first-order valence-corrected chi connectivity index (χ1v) is 3.84. The van der Waals surface area contributed by atoms with E-state index in [4.69, 9.17) is 4.74 Å². The van der Waals surface area contributed by atoms with Crippen molar-refractivity contribution in [2.75, 3.05) is 6.61 Å². The quantitative estimate of drug-likeness (QED) is 0.382. The summed E-state index contributed by atoms with van der Waals surface area (Å²) in [7, 11) is 0. The molecule has 1 nitrogen and oxygen atoms in total. The van der Waals surface area contributed by atoms with E-state index in [1.807, 2.05) is 18.2 Å². The summed E-state index contributed by atoms with van der Waals surface area (Å²) in [5.41, 5.74) is 1.22. The molecule has 0 atom stereocenters. The number of hydrogen-bond acceptors (Lipinski definition) is 1. The fourth-order valence-corrected chi connectivity index (χ4v) is 0.866. The minimum Gasteiger partial charge on any atom is -1.00 e. The predicted molar refractivity (Wildman–Crippen MR) is 51.8 cm³/mol. The van der Waals surface area contributed by atoms with Crippen LogP contribution in [0.25, 0.3) is 0 Å². The Morgan fingerprint density at radius 1 is 1.15 bits per heavy atom. The molecule has 0 aliphatic heterocycles. The van der Waals surface area contributed by atoms with E-state index in [1.165, 1.54) is 5.56 Å². The third-order valence-corrected chi connectivity index (χ3v) is 1.40. The van der Waals surface area contributed by atoms with Gasteiger partial charge in [-0.25, -0.2) is 0 Å². The molecule has 13 heavy (non-hydrogen) atoms. The van der Waals surface area contributed by atoms with Gasteiger partial charge in [0.25, 0.3) is 0 Å². The van der Waals surface area contributed by atoms with Crippen LogP contribution in [0.2, 0.25) is 0 Å². The van der Waals surface area contributed by atoms with Crippen LogP contribution in [0.3, 0.4) is 0 Å². The Morgan fingerprint density at radius 3 is 2.31 bits per heavy atom. The van der Waals surface area contributed by atoms with Crippen molar-refractivity contribution >= 4 is 23.1 Å². The second-order valence-electron chi connectivity index (χ2n) is 2.39. The molecule has 0 fully saturated rings. The van der Waals surface area contributed by atoms with Crippen LogP contribution in [-0.4, -0.2) is 29.7 Å². The molecule has 0 saturated heterocycles. The van der Waals surface area contributed by atoms with E-state index >= 15 is 0 Å². The van der Waals surface area contributed by atoms with Crippen LogP contribution in [0.5, 0.6) is 0 Å². The number of benzene rings is 1. The molecule has 1 aromatic rings. The molecule has 0 amide bonds. The molecule has 0 aromatic heterocycles. The third-order valence-electron chi connectivity index (χ3n) is 1.40. The van der Waals surface area contributed by atoms with E-state index in [-0.39, 0.29) is 40.0 Å². The van der Waals surface area contributed by atoms with Crippen molar-refractivity contribution in [3.8, 4) is 0 Å². The Balaban J connectivity index is 0. The Hall–Kier alpha value is 0.426. The summed E-state index contributed by atoms with van der Waals surface area (Å²) in [6.45, 7) is 5.14. The number of rotatable bonds is 4. The molecule has 1 rings (SSSR count). The summed E-state index contributed by atoms with van der Waals surface area (Å²) in [6.07, 6.45) is 0.840. The molecule has 68 valence electrons. The van der Waals surface area contributed by atoms with Crippen LogP contribution < -0.4 is 17.0 Å². The van der Waals surface area contributed by atoms with Gasteiger partial charge in [-0.3, -0.25) is 0 Å². The first-order chi connectivity index (χ1) is 5.43. The van der Waals surface area contributed by atoms with Gasteiger partial charge in [0.2, 0.25) is 0 Å². The predicted octanol–water partition coefficient (Wildman–Crippen LogP) is -0.949. The summed E-state index contributed by atoms with van der Waals surface area (Å²) in [4.78, 5) is 0. The van der Waals surface area contributed by atoms with Crippen molar-refractivity contribution in [1.29, 1.82) is 0 Å². The van der Waals surface area contributed by atoms with Crippen LogP contribution in [0, 0.1) is 6.92 Å². The SMILES string of the molecule is [Br-].[CH2-]CCOCc1ccccc1.[Mg+2]. The van der Waals surface area contributed by atoms with Crippen molar-refractivity contribution < 1.29 is 21.7 Å². The maximum Gasteiger partial charge on any atom is 2.00 e. The van der Waals surface area contributed by atoms with E-state index in [2.05, 4.69) is 19.1 Å². The van der Waals surface area contributed by atoms with E-state index in [0.29, 0.717) is 6.61 Å². The molecule has 0 spiro atoms. The van der Waals surface area contributed by atoms with Gasteiger partial charge >= 0.3 is 23.1 Å². The standard InChI is InChI=1S/C10H13O.BrH.Mg/c1-2-8-11-9-10-6-4-3-5-7-10;;/h3-7H,1-2,8-9H2;1H;/q-1;;+2/p-1. The minimum atomic E-state index is 0. The van der Waals surface area contributed by atoms with Crippen LogP contribution >= 0.6 is 0 Å². The van der Waals surface area contributed by atoms with Crippen molar-refractivity contribution in [3.05, 3.63) is 42.8 Å². The molecule has 0 N–H and O–H groups in total.